The number of rotatable bonds is 11. The predicted octanol–water partition coefficient (Wildman–Crippen LogP) is 5.97. The number of carbonyl (C=O) groups excluding carboxylic acids is 4. The first-order valence-electron chi connectivity index (χ1n) is 14.7. The van der Waals surface area contributed by atoms with Gasteiger partial charge in [-0.15, -0.1) is 0 Å². The van der Waals surface area contributed by atoms with Crippen LogP contribution in [-0.4, -0.2) is 37.0 Å². The Morgan fingerprint density at radius 1 is 0.848 bits per heavy atom. The maximum absolute atomic E-state index is 13.4. The number of amides is 5. The van der Waals surface area contributed by atoms with Gasteiger partial charge in [0, 0.05) is 5.69 Å². The molecular formula is C36H33N3O7. The molecule has 1 aliphatic heterocycles. The number of hydrogen-bond donors (Lipinski definition) is 2. The number of ether oxygens (including phenoxy) is 3. The number of benzene rings is 4. The van der Waals surface area contributed by atoms with Gasteiger partial charge in [-0.3, -0.25) is 19.7 Å². The third-order valence-electron chi connectivity index (χ3n) is 7.04. The van der Waals surface area contributed by atoms with Gasteiger partial charge >= 0.3 is 6.03 Å². The van der Waals surface area contributed by atoms with Crippen molar-refractivity contribution in [1.82, 2.24) is 5.32 Å². The molecule has 0 saturated carbocycles. The summed E-state index contributed by atoms with van der Waals surface area (Å²) in [6, 6.07) is 25.8. The van der Waals surface area contributed by atoms with Crippen LogP contribution < -0.4 is 29.7 Å². The Bertz CT molecular complexity index is 1800. The van der Waals surface area contributed by atoms with Crippen molar-refractivity contribution in [2.24, 2.45) is 0 Å². The summed E-state index contributed by atoms with van der Waals surface area (Å²) in [6.45, 7) is 6.08. The van der Waals surface area contributed by atoms with Crippen LogP contribution in [0.4, 0.5) is 16.2 Å². The largest absolute Gasteiger partial charge is 0.490 e. The molecule has 4 aromatic carbocycles. The third kappa shape index (κ3) is 7.59. The van der Waals surface area contributed by atoms with E-state index in [1.54, 1.807) is 49.4 Å². The van der Waals surface area contributed by atoms with E-state index in [0.29, 0.717) is 41.7 Å². The topological polar surface area (TPSA) is 123 Å². The van der Waals surface area contributed by atoms with E-state index in [1.807, 2.05) is 62.4 Å². The Balaban J connectivity index is 1.29. The van der Waals surface area contributed by atoms with Gasteiger partial charge < -0.3 is 19.5 Å². The lowest BCUT2D eigenvalue weighted by Gasteiger charge is -2.26. The highest BCUT2D eigenvalue weighted by Crippen LogP contribution is 2.31. The number of hydrogen-bond acceptors (Lipinski definition) is 7. The summed E-state index contributed by atoms with van der Waals surface area (Å²) in [5.74, 6) is -0.767. The fraction of sp³-hybridized carbons (Fsp3) is 0.167. The number of barbiturate groups is 1. The highest BCUT2D eigenvalue weighted by molar-refractivity contribution is 6.39. The monoisotopic (exact) mass is 619 g/mol. The minimum absolute atomic E-state index is 0.243. The van der Waals surface area contributed by atoms with Gasteiger partial charge in [0.05, 0.1) is 12.3 Å². The van der Waals surface area contributed by atoms with Crippen LogP contribution in [-0.2, 0) is 21.0 Å². The summed E-state index contributed by atoms with van der Waals surface area (Å²) in [7, 11) is 0. The summed E-state index contributed by atoms with van der Waals surface area (Å²) < 4.78 is 17.3. The van der Waals surface area contributed by atoms with Crippen molar-refractivity contribution in [3.8, 4) is 17.2 Å². The number of urea groups is 1. The minimum atomic E-state index is -0.858. The zero-order valence-corrected chi connectivity index (χ0v) is 25.7. The second-order valence-corrected chi connectivity index (χ2v) is 10.5. The SMILES string of the molecule is CCOc1cc(/C=C2/C(=O)NC(=O)N(c3ccc(OCc4ccccc4)cc3)C2=O)ccc1OCC(=O)Nc1ccc(C)cc1C. The lowest BCUT2D eigenvalue weighted by Crippen LogP contribution is -2.54. The van der Waals surface area contributed by atoms with Crippen LogP contribution in [0.3, 0.4) is 0 Å². The summed E-state index contributed by atoms with van der Waals surface area (Å²) in [4.78, 5) is 52.4. The van der Waals surface area contributed by atoms with E-state index in [9.17, 15) is 19.2 Å². The molecule has 10 nitrogen and oxygen atoms in total. The first-order chi connectivity index (χ1) is 22.2. The second kappa shape index (κ2) is 14.3. The van der Waals surface area contributed by atoms with Gasteiger partial charge in [-0.2, -0.15) is 0 Å². The molecule has 0 radical (unpaired) electrons. The highest BCUT2D eigenvalue weighted by Gasteiger charge is 2.36. The maximum Gasteiger partial charge on any atom is 0.335 e. The Labute approximate surface area is 266 Å². The van der Waals surface area contributed by atoms with E-state index in [0.717, 1.165) is 21.6 Å². The van der Waals surface area contributed by atoms with Crippen molar-refractivity contribution in [2.75, 3.05) is 23.4 Å². The van der Waals surface area contributed by atoms with Crippen molar-refractivity contribution in [2.45, 2.75) is 27.4 Å². The van der Waals surface area contributed by atoms with Crippen molar-refractivity contribution < 1.29 is 33.4 Å². The summed E-state index contributed by atoms with van der Waals surface area (Å²) in [5.41, 5.74) is 4.20. The number of carbonyl (C=O) groups is 4. The van der Waals surface area contributed by atoms with Crippen molar-refractivity contribution in [1.29, 1.82) is 0 Å². The minimum Gasteiger partial charge on any atom is -0.490 e. The fourth-order valence-corrected chi connectivity index (χ4v) is 4.78. The van der Waals surface area contributed by atoms with Gasteiger partial charge in [0.2, 0.25) is 0 Å². The number of imide groups is 2. The van der Waals surface area contributed by atoms with Gasteiger partial charge in [-0.05, 0) is 86.0 Å². The molecule has 0 bridgehead atoms. The molecule has 1 fully saturated rings. The molecule has 0 spiro atoms. The zero-order chi connectivity index (χ0) is 32.6. The van der Waals surface area contributed by atoms with Crippen molar-refractivity contribution >= 4 is 41.2 Å². The number of aryl methyl sites for hydroxylation is 2. The van der Waals surface area contributed by atoms with Gasteiger partial charge in [-0.25, -0.2) is 9.69 Å². The first kappa shape index (κ1) is 31.5. The molecule has 0 aromatic heterocycles. The van der Waals surface area contributed by atoms with E-state index < -0.39 is 17.8 Å². The Kier molecular flexibility index (Phi) is 9.77. The van der Waals surface area contributed by atoms with E-state index >= 15 is 0 Å². The maximum atomic E-state index is 13.4. The van der Waals surface area contributed by atoms with Crippen LogP contribution in [0, 0.1) is 13.8 Å². The van der Waals surface area contributed by atoms with Crippen LogP contribution in [0.5, 0.6) is 17.2 Å². The van der Waals surface area contributed by atoms with Gasteiger partial charge in [0.1, 0.15) is 17.9 Å². The molecule has 1 aliphatic rings. The van der Waals surface area contributed by atoms with Crippen LogP contribution in [0.15, 0.2) is 96.6 Å². The molecule has 5 amide bonds. The molecule has 2 N–H and O–H groups in total. The normalized spacial score (nSPS) is 13.8. The Morgan fingerprint density at radius 2 is 1.61 bits per heavy atom. The molecule has 5 rings (SSSR count). The van der Waals surface area contributed by atoms with Crippen LogP contribution in [0.25, 0.3) is 6.08 Å². The molecular weight excluding hydrogens is 586 g/mol. The summed E-state index contributed by atoms with van der Waals surface area (Å²) in [5, 5.41) is 5.06. The molecule has 1 heterocycles. The highest BCUT2D eigenvalue weighted by atomic mass is 16.5. The molecule has 10 heteroatoms. The molecule has 1 saturated heterocycles. The fourth-order valence-electron chi connectivity index (χ4n) is 4.78. The standard InChI is InChI=1S/C36H33N3O7/c1-4-44-32-20-26(11-17-31(32)46-22-33(40)37-30-16-10-23(2)18-24(30)3)19-29-34(41)38-36(43)39(35(29)42)27-12-14-28(15-13-27)45-21-25-8-6-5-7-9-25/h5-20H,4,21-22H2,1-3H3,(H,37,40)(H,38,41,43)/b29-19-. The van der Waals surface area contributed by atoms with E-state index in [4.69, 9.17) is 14.2 Å². The van der Waals surface area contributed by atoms with Gasteiger partial charge in [-0.1, -0.05) is 54.1 Å². The molecule has 4 aromatic rings. The zero-order valence-electron chi connectivity index (χ0n) is 25.7. The van der Waals surface area contributed by atoms with Crippen molar-refractivity contribution in [3.63, 3.8) is 0 Å². The Morgan fingerprint density at radius 3 is 2.33 bits per heavy atom. The van der Waals surface area contributed by atoms with Gasteiger partial charge in [0.25, 0.3) is 17.7 Å². The number of anilines is 2. The van der Waals surface area contributed by atoms with Crippen LogP contribution >= 0.6 is 0 Å². The number of nitrogens with zero attached hydrogens (tertiary/aromatic N) is 1. The average molecular weight is 620 g/mol. The average Bonchev–Trinajstić information content (AvgIpc) is 3.04. The third-order valence-corrected chi connectivity index (χ3v) is 7.04. The quantitative estimate of drug-likeness (QED) is 0.157. The first-order valence-corrected chi connectivity index (χ1v) is 14.7. The molecule has 0 aliphatic carbocycles. The van der Waals surface area contributed by atoms with Crippen LogP contribution in [0.2, 0.25) is 0 Å². The van der Waals surface area contributed by atoms with E-state index in [2.05, 4.69) is 10.6 Å². The molecule has 0 atom stereocenters. The predicted molar refractivity (Wildman–Crippen MR) is 174 cm³/mol. The molecule has 46 heavy (non-hydrogen) atoms. The van der Waals surface area contributed by atoms with Crippen molar-refractivity contribution in [3.05, 3.63) is 119 Å². The number of nitrogens with one attached hydrogen (secondary N) is 2. The Hall–Kier alpha value is -5.90. The lowest BCUT2D eigenvalue weighted by atomic mass is 10.1. The van der Waals surface area contributed by atoms with E-state index in [1.165, 1.54) is 6.08 Å². The summed E-state index contributed by atoms with van der Waals surface area (Å²) in [6.07, 6.45) is 1.37. The lowest BCUT2D eigenvalue weighted by molar-refractivity contribution is -0.122. The van der Waals surface area contributed by atoms with E-state index in [-0.39, 0.29) is 23.8 Å². The van der Waals surface area contributed by atoms with Gasteiger partial charge in [0.15, 0.2) is 18.1 Å². The second-order valence-electron chi connectivity index (χ2n) is 10.5. The summed E-state index contributed by atoms with van der Waals surface area (Å²) >= 11 is 0. The molecule has 234 valence electrons. The molecule has 0 unspecified atom stereocenters. The smallest absolute Gasteiger partial charge is 0.335 e. The van der Waals surface area contributed by atoms with Crippen LogP contribution in [0.1, 0.15) is 29.2 Å².